The van der Waals surface area contributed by atoms with Crippen molar-refractivity contribution in [2.45, 2.75) is 11.4 Å². The summed E-state index contributed by atoms with van der Waals surface area (Å²) in [6, 6.07) is 12.4. The zero-order valence-electron chi connectivity index (χ0n) is 18.7. The molecule has 11 heteroatoms. The maximum atomic E-state index is 12.7. The first-order valence-electron chi connectivity index (χ1n) is 11.1. The van der Waals surface area contributed by atoms with Gasteiger partial charge in [-0.15, -0.1) is 0 Å². The summed E-state index contributed by atoms with van der Waals surface area (Å²) in [5, 5.41) is 12.2. The lowest BCUT2D eigenvalue weighted by atomic mass is 10.1. The van der Waals surface area contributed by atoms with Crippen molar-refractivity contribution in [1.82, 2.24) is 19.4 Å². The lowest BCUT2D eigenvalue weighted by Gasteiger charge is -2.34. The molecule has 2 aromatic carbocycles. The second-order valence-corrected chi connectivity index (χ2v) is 10.1. The molecule has 10 nitrogen and oxygen atoms in total. The number of ether oxygens (including phenoxy) is 1. The van der Waals surface area contributed by atoms with Gasteiger partial charge in [-0.1, -0.05) is 12.1 Å². The predicted octanol–water partition coefficient (Wildman–Crippen LogP) is 1.08. The largest absolute Gasteiger partial charge is 0.508 e. The molecule has 3 amide bonds. The molecule has 182 valence electrons. The van der Waals surface area contributed by atoms with E-state index in [0.717, 1.165) is 5.56 Å². The van der Waals surface area contributed by atoms with Crippen molar-refractivity contribution in [1.29, 1.82) is 0 Å². The molecule has 2 saturated heterocycles. The average molecular weight is 489 g/mol. The van der Waals surface area contributed by atoms with Crippen molar-refractivity contribution in [3.63, 3.8) is 0 Å². The summed E-state index contributed by atoms with van der Waals surface area (Å²) >= 11 is 0. The first-order valence-corrected chi connectivity index (χ1v) is 12.6. The number of rotatable bonds is 5. The van der Waals surface area contributed by atoms with E-state index in [4.69, 9.17) is 4.74 Å². The van der Waals surface area contributed by atoms with E-state index in [1.807, 2.05) is 0 Å². The molecule has 0 spiro atoms. The lowest BCUT2D eigenvalue weighted by Crippen LogP contribution is -2.53. The molecule has 34 heavy (non-hydrogen) atoms. The molecule has 0 bridgehead atoms. The maximum Gasteiger partial charge on any atom is 0.317 e. The molecule has 2 fully saturated rings. The van der Waals surface area contributed by atoms with Crippen molar-refractivity contribution in [2.75, 3.05) is 52.5 Å². The van der Waals surface area contributed by atoms with Gasteiger partial charge in [-0.3, -0.25) is 4.79 Å². The van der Waals surface area contributed by atoms with Crippen LogP contribution in [0.15, 0.2) is 53.4 Å². The highest BCUT2D eigenvalue weighted by atomic mass is 32.2. The average Bonchev–Trinajstić information content (AvgIpc) is 2.88. The summed E-state index contributed by atoms with van der Waals surface area (Å²) in [4.78, 5) is 28.7. The molecule has 0 unspecified atom stereocenters. The Morgan fingerprint density at radius 2 is 1.44 bits per heavy atom. The van der Waals surface area contributed by atoms with E-state index in [9.17, 15) is 23.1 Å². The fourth-order valence-corrected chi connectivity index (χ4v) is 5.31. The topological polar surface area (TPSA) is 119 Å². The van der Waals surface area contributed by atoms with Gasteiger partial charge in [-0.25, -0.2) is 13.2 Å². The second kappa shape index (κ2) is 10.4. The summed E-state index contributed by atoms with van der Waals surface area (Å²) in [5.74, 6) is -0.0291. The van der Waals surface area contributed by atoms with E-state index in [2.05, 4.69) is 5.32 Å². The Labute approximate surface area is 198 Å². The normalized spacial score (nSPS) is 17.4. The van der Waals surface area contributed by atoms with Gasteiger partial charge in [-0.05, 0) is 42.0 Å². The molecular weight excluding hydrogens is 460 g/mol. The number of sulfonamides is 1. The van der Waals surface area contributed by atoms with Gasteiger partial charge in [0.1, 0.15) is 5.75 Å². The molecule has 2 aromatic rings. The number of amides is 3. The molecule has 2 N–H and O–H groups in total. The molecule has 0 aromatic heterocycles. The van der Waals surface area contributed by atoms with E-state index in [1.54, 1.807) is 46.2 Å². The first kappa shape index (κ1) is 24.0. The number of nitrogens with one attached hydrogen (secondary N) is 1. The third-order valence-corrected chi connectivity index (χ3v) is 7.86. The third kappa shape index (κ3) is 5.49. The van der Waals surface area contributed by atoms with Gasteiger partial charge in [0.15, 0.2) is 0 Å². The Morgan fingerprint density at radius 1 is 0.853 bits per heavy atom. The quantitative estimate of drug-likeness (QED) is 0.650. The van der Waals surface area contributed by atoms with Gasteiger partial charge in [0.05, 0.1) is 18.1 Å². The molecule has 0 saturated carbocycles. The van der Waals surface area contributed by atoms with Gasteiger partial charge < -0.3 is 25.0 Å². The summed E-state index contributed by atoms with van der Waals surface area (Å²) in [6.07, 6.45) is 0. The van der Waals surface area contributed by atoms with Crippen LogP contribution in [0, 0.1) is 0 Å². The van der Waals surface area contributed by atoms with Gasteiger partial charge in [0.25, 0.3) is 5.91 Å². The van der Waals surface area contributed by atoms with Crippen molar-refractivity contribution in [2.24, 2.45) is 0 Å². The maximum absolute atomic E-state index is 12.7. The second-order valence-electron chi connectivity index (χ2n) is 8.15. The SMILES string of the molecule is O=C(NCc1ccc(S(=O)(=O)N2CCOCC2)cc1)N1CCN(C(=O)c2ccc(O)cc2)CC1. The van der Waals surface area contributed by atoms with Crippen LogP contribution in [0.1, 0.15) is 15.9 Å². The summed E-state index contributed by atoms with van der Waals surface area (Å²) in [7, 11) is -3.55. The minimum Gasteiger partial charge on any atom is -0.508 e. The molecule has 2 aliphatic heterocycles. The zero-order valence-corrected chi connectivity index (χ0v) is 19.5. The van der Waals surface area contributed by atoms with Crippen molar-refractivity contribution in [3.05, 3.63) is 59.7 Å². The summed E-state index contributed by atoms with van der Waals surface area (Å²) in [6.45, 7) is 3.39. The van der Waals surface area contributed by atoms with E-state index in [-0.39, 0.29) is 29.1 Å². The molecule has 0 aliphatic carbocycles. The number of phenols is 1. The van der Waals surface area contributed by atoms with Gasteiger partial charge in [0.2, 0.25) is 10.0 Å². The number of carbonyl (C=O) groups is 2. The molecule has 2 heterocycles. The third-order valence-electron chi connectivity index (χ3n) is 5.94. The number of carbonyl (C=O) groups excluding carboxylic acids is 2. The van der Waals surface area contributed by atoms with Crippen LogP contribution in [0.4, 0.5) is 4.79 Å². The van der Waals surface area contributed by atoms with E-state index >= 15 is 0 Å². The number of nitrogens with zero attached hydrogens (tertiary/aromatic N) is 3. The van der Waals surface area contributed by atoms with E-state index < -0.39 is 10.0 Å². The number of phenolic OH excluding ortho intramolecular Hbond substituents is 1. The fraction of sp³-hybridized carbons (Fsp3) is 0.391. The van der Waals surface area contributed by atoms with E-state index in [1.165, 1.54) is 16.4 Å². The Balaban J connectivity index is 1.25. The molecule has 4 rings (SSSR count). The van der Waals surface area contributed by atoms with Crippen molar-refractivity contribution < 1.29 is 27.9 Å². The van der Waals surface area contributed by atoms with Crippen LogP contribution in [0.2, 0.25) is 0 Å². The molecule has 0 atom stereocenters. The van der Waals surface area contributed by atoms with E-state index in [0.29, 0.717) is 58.0 Å². The monoisotopic (exact) mass is 488 g/mol. The van der Waals surface area contributed by atoms with Crippen LogP contribution < -0.4 is 5.32 Å². The number of hydrogen-bond acceptors (Lipinski definition) is 6. The molecule has 2 aliphatic rings. The first-order chi connectivity index (χ1) is 16.3. The van der Waals surface area contributed by atoms with Crippen molar-refractivity contribution >= 4 is 22.0 Å². The van der Waals surface area contributed by atoms with Crippen molar-refractivity contribution in [3.8, 4) is 5.75 Å². The Hall–Kier alpha value is -3.15. The van der Waals surface area contributed by atoms with Crippen LogP contribution in [-0.2, 0) is 21.3 Å². The summed E-state index contributed by atoms with van der Waals surface area (Å²) < 4.78 is 32.0. The fourth-order valence-electron chi connectivity index (χ4n) is 3.90. The van der Waals surface area contributed by atoms with Crippen LogP contribution in [0.5, 0.6) is 5.75 Å². The predicted molar refractivity (Wildman–Crippen MR) is 124 cm³/mol. The minimum atomic E-state index is -3.55. The lowest BCUT2D eigenvalue weighted by molar-refractivity contribution is 0.0665. The highest BCUT2D eigenvalue weighted by Crippen LogP contribution is 2.18. The Morgan fingerprint density at radius 3 is 2.06 bits per heavy atom. The molecular formula is C23H28N4O6S. The van der Waals surface area contributed by atoms with Gasteiger partial charge >= 0.3 is 6.03 Å². The number of benzene rings is 2. The van der Waals surface area contributed by atoms with Crippen LogP contribution >= 0.6 is 0 Å². The number of aromatic hydroxyl groups is 1. The number of piperazine rings is 1. The van der Waals surface area contributed by atoms with Crippen LogP contribution in [0.25, 0.3) is 0 Å². The van der Waals surface area contributed by atoms with Crippen LogP contribution in [-0.4, -0.2) is 92.0 Å². The number of hydrogen-bond donors (Lipinski definition) is 2. The Bertz CT molecular complexity index is 1110. The number of morpholine rings is 1. The summed E-state index contributed by atoms with van der Waals surface area (Å²) in [5.41, 5.74) is 1.28. The standard InChI is InChI=1S/C23H28N4O6S/c28-20-5-3-19(4-6-20)22(29)25-9-11-26(12-10-25)23(30)24-17-18-1-7-21(8-2-18)34(31,32)27-13-15-33-16-14-27/h1-8,28H,9-17H2,(H,24,30). The smallest absolute Gasteiger partial charge is 0.317 e. The Kier molecular flexibility index (Phi) is 7.35. The van der Waals surface area contributed by atoms with Gasteiger partial charge in [0, 0.05) is 51.4 Å². The zero-order chi connectivity index (χ0) is 24.1. The van der Waals surface area contributed by atoms with Crippen LogP contribution in [0.3, 0.4) is 0 Å². The minimum absolute atomic E-state index is 0.103. The highest BCUT2D eigenvalue weighted by molar-refractivity contribution is 7.89. The number of urea groups is 1. The molecule has 0 radical (unpaired) electrons. The highest BCUT2D eigenvalue weighted by Gasteiger charge is 2.27. The van der Waals surface area contributed by atoms with Gasteiger partial charge in [-0.2, -0.15) is 4.31 Å².